The van der Waals surface area contributed by atoms with Crippen molar-refractivity contribution >= 4 is 32.5 Å². The predicted octanol–water partition coefficient (Wildman–Crippen LogP) is 3.97. The van der Waals surface area contributed by atoms with Gasteiger partial charge in [-0.3, -0.25) is 9.78 Å². The number of aromatic nitrogens is 1. The van der Waals surface area contributed by atoms with Gasteiger partial charge in [-0.1, -0.05) is 11.6 Å². The summed E-state index contributed by atoms with van der Waals surface area (Å²) >= 11 is 0. The maximum absolute atomic E-state index is 13.2. The minimum Gasteiger partial charge on any atom is -0.322 e. The lowest BCUT2D eigenvalue weighted by atomic mass is 10.0. The largest absolute Gasteiger partial charge is 0.322 e. The molecule has 0 atom stereocenters. The molecule has 0 aliphatic heterocycles. The van der Waals surface area contributed by atoms with Gasteiger partial charge in [0.2, 0.25) is 10.0 Å². The van der Waals surface area contributed by atoms with E-state index in [-0.39, 0.29) is 10.8 Å². The Hall–Kier alpha value is -2.77. The summed E-state index contributed by atoms with van der Waals surface area (Å²) < 4.78 is 26.3. The van der Waals surface area contributed by atoms with Crippen molar-refractivity contribution in [2.75, 3.05) is 19.4 Å². The molecule has 0 aliphatic rings. The number of nitrogens with one attached hydrogen (secondary N) is 1. The molecule has 3 aromatic rings. The lowest BCUT2D eigenvalue weighted by Crippen LogP contribution is -2.23. The van der Waals surface area contributed by atoms with Crippen LogP contribution in [0, 0.1) is 27.7 Å². The van der Waals surface area contributed by atoms with Crippen LogP contribution in [0.3, 0.4) is 0 Å². The minimum atomic E-state index is -3.61. The van der Waals surface area contributed by atoms with Gasteiger partial charge in [0, 0.05) is 30.9 Å². The molecule has 0 saturated carbocycles. The molecule has 0 fully saturated rings. The normalized spacial score (nSPS) is 11.8. The van der Waals surface area contributed by atoms with E-state index < -0.39 is 10.0 Å². The smallest absolute Gasteiger partial charge is 0.256 e. The van der Waals surface area contributed by atoms with Crippen molar-refractivity contribution in [3.05, 3.63) is 64.3 Å². The van der Waals surface area contributed by atoms with Crippen molar-refractivity contribution in [3.8, 4) is 0 Å². The van der Waals surface area contributed by atoms with E-state index in [4.69, 9.17) is 0 Å². The van der Waals surface area contributed by atoms with Crippen molar-refractivity contribution in [2.24, 2.45) is 0 Å². The Balaban J connectivity index is 2.10. The highest BCUT2D eigenvalue weighted by molar-refractivity contribution is 7.89. The predicted molar refractivity (Wildman–Crippen MR) is 116 cm³/mol. The Bertz CT molecular complexity index is 1230. The van der Waals surface area contributed by atoms with Crippen LogP contribution in [0.5, 0.6) is 0 Å². The average Bonchev–Trinajstić information content (AvgIpc) is 2.64. The van der Waals surface area contributed by atoms with Crippen molar-refractivity contribution in [1.82, 2.24) is 9.29 Å². The molecule has 0 radical (unpaired) electrons. The third kappa shape index (κ3) is 4.02. The van der Waals surface area contributed by atoms with Crippen molar-refractivity contribution in [3.63, 3.8) is 0 Å². The number of fused-ring (bicyclic) bond motifs is 1. The number of rotatable bonds is 4. The van der Waals surface area contributed by atoms with Crippen LogP contribution < -0.4 is 5.32 Å². The van der Waals surface area contributed by atoms with E-state index in [1.54, 1.807) is 12.1 Å². The van der Waals surface area contributed by atoms with Gasteiger partial charge in [0.15, 0.2) is 0 Å². The van der Waals surface area contributed by atoms with Gasteiger partial charge in [-0.15, -0.1) is 0 Å². The van der Waals surface area contributed by atoms with Gasteiger partial charge in [-0.2, -0.15) is 0 Å². The van der Waals surface area contributed by atoms with Crippen LogP contribution in [0.2, 0.25) is 0 Å². The summed E-state index contributed by atoms with van der Waals surface area (Å²) in [4.78, 5) is 17.8. The summed E-state index contributed by atoms with van der Waals surface area (Å²) in [7, 11) is -0.648. The first-order valence-electron chi connectivity index (χ1n) is 9.24. The van der Waals surface area contributed by atoms with Gasteiger partial charge in [0.1, 0.15) is 0 Å². The first-order chi connectivity index (χ1) is 13.5. The number of nitrogens with zero attached hydrogens (tertiary/aromatic N) is 2. The molecule has 7 heteroatoms. The summed E-state index contributed by atoms with van der Waals surface area (Å²) in [6.07, 6.45) is 0. The highest BCUT2D eigenvalue weighted by Gasteiger charge is 2.21. The van der Waals surface area contributed by atoms with Gasteiger partial charge in [-0.05, 0) is 69.2 Å². The number of hydrogen-bond acceptors (Lipinski definition) is 4. The molecular formula is C22H25N3O3S. The fourth-order valence-corrected chi connectivity index (χ4v) is 4.18. The van der Waals surface area contributed by atoms with E-state index in [0.717, 1.165) is 37.6 Å². The second-order valence-electron chi connectivity index (χ2n) is 7.49. The first-order valence-corrected chi connectivity index (χ1v) is 10.7. The molecule has 0 saturated heterocycles. The van der Waals surface area contributed by atoms with Crippen LogP contribution in [-0.2, 0) is 10.0 Å². The Morgan fingerprint density at radius 3 is 2.34 bits per heavy atom. The number of carbonyl (C=O) groups is 1. The van der Waals surface area contributed by atoms with Crippen molar-refractivity contribution < 1.29 is 13.2 Å². The molecule has 152 valence electrons. The minimum absolute atomic E-state index is 0.146. The summed E-state index contributed by atoms with van der Waals surface area (Å²) in [5, 5.41) is 3.67. The summed E-state index contributed by atoms with van der Waals surface area (Å²) in [6, 6.07) is 10.7. The van der Waals surface area contributed by atoms with E-state index in [2.05, 4.69) is 10.3 Å². The summed E-state index contributed by atoms with van der Waals surface area (Å²) in [5.74, 6) is -0.298. The first kappa shape index (κ1) is 21.0. The third-order valence-corrected chi connectivity index (χ3v) is 6.80. The van der Waals surface area contributed by atoms with E-state index in [1.807, 2.05) is 45.9 Å². The lowest BCUT2D eigenvalue weighted by Gasteiger charge is -2.17. The van der Waals surface area contributed by atoms with Crippen LogP contribution in [-0.4, -0.2) is 37.7 Å². The monoisotopic (exact) mass is 411 g/mol. The molecule has 1 heterocycles. The number of aryl methyl sites for hydroxylation is 3. The maximum Gasteiger partial charge on any atom is 0.256 e. The Kier molecular flexibility index (Phi) is 5.47. The standard InChI is InChI=1S/C22H25N3O3S/c1-13-7-8-20-18(9-13)19(11-15(3)23-20)22(26)24-21-12-17(10-14(2)16(21)4)29(27,28)25(5)6/h7-12H,1-6H3,(H,24,26). The van der Waals surface area contributed by atoms with Crippen molar-refractivity contribution in [2.45, 2.75) is 32.6 Å². The highest BCUT2D eigenvalue weighted by atomic mass is 32.2. The molecule has 6 nitrogen and oxygen atoms in total. The van der Waals surface area contributed by atoms with Gasteiger partial charge in [0.05, 0.1) is 16.0 Å². The van der Waals surface area contributed by atoms with Crippen LogP contribution in [0.15, 0.2) is 41.3 Å². The number of amides is 1. The zero-order valence-electron chi connectivity index (χ0n) is 17.5. The van der Waals surface area contributed by atoms with E-state index in [9.17, 15) is 13.2 Å². The molecule has 0 aliphatic carbocycles. The number of pyridine rings is 1. The zero-order chi connectivity index (χ0) is 21.5. The second kappa shape index (κ2) is 7.57. The van der Waals surface area contributed by atoms with E-state index in [0.29, 0.717) is 11.3 Å². The number of anilines is 1. The van der Waals surface area contributed by atoms with Gasteiger partial charge >= 0.3 is 0 Å². The second-order valence-corrected chi connectivity index (χ2v) is 9.64. The maximum atomic E-state index is 13.2. The van der Waals surface area contributed by atoms with Crippen LogP contribution in [0.25, 0.3) is 10.9 Å². The molecule has 1 N–H and O–H groups in total. The Morgan fingerprint density at radius 2 is 1.69 bits per heavy atom. The SMILES string of the molecule is Cc1ccc2nc(C)cc(C(=O)Nc3cc(S(=O)(=O)N(C)C)cc(C)c3C)c2c1. The van der Waals surface area contributed by atoms with Crippen molar-refractivity contribution in [1.29, 1.82) is 0 Å². The quantitative estimate of drug-likeness (QED) is 0.704. The van der Waals surface area contributed by atoms with Gasteiger partial charge in [-0.25, -0.2) is 12.7 Å². The molecule has 0 unspecified atom stereocenters. The Morgan fingerprint density at radius 1 is 1.00 bits per heavy atom. The summed E-state index contributed by atoms with van der Waals surface area (Å²) in [5.41, 5.74) is 5.11. The highest BCUT2D eigenvalue weighted by Crippen LogP contribution is 2.27. The van der Waals surface area contributed by atoms with Crippen LogP contribution in [0.4, 0.5) is 5.69 Å². The fourth-order valence-electron chi connectivity index (χ4n) is 3.17. The topological polar surface area (TPSA) is 79.4 Å². The van der Waals surface area contributed by atoms with Crippen LogP contribution >= 0.6 is 0 Å². The van der Waals surface area contributed by atoms with Crippen LogP contribution in [0.1, 0.15) is 32.7 Å². The zero-order valence-corrected chi connectivity index (χ0v) is 18.3. The number of carbonyl (C=O) groups excluding carboxylic acids is 1. The van der Waals surface area contributed by atoms with Gasteiger partial charge in [0.25, 0.3) is 5.91 Å². The molecule has 0 bridgehead atoms. The number of hydrogen-bond donors (Lipinski definition) is 1. The number of sulfonamides is 1. The number of benzene rings is 2. The molecule has 2 aromatic carbocycles. The summed E-state index contributed by atoms with van der Waals surface area (Å²) in [6.45, 7) is 7.49. The Labute approximate surface area is 171 Å². The lowest BCUT2D eigenvalue weighted by molar-refractivity contribution is 0.102. The fraction of sp³-hybridized carbons (Fsp3) is 0.273. The molecule has 3 rings (SSSR count). The van der Waals surface area contributed by atoms with E-state index >= 15 is 0 Å². The van der Waals surface area contributed by atoms with E-state index in [1.165, 1.54) is 20.2 Å². The molecule has 29 heavy (non-hydrogen) atoms. The third-order valence-electron chi connectivity index (χ3n) is 5.00. The van der Waals surface area contributed by atoms with Gasteiger partial charge < -0.3 is 5.32 Å². The molecule has 0 spiro atoms. The molecule has 1 amide bonds. The average molecular weight is 412 g/mol. The molecular weight excluding hydrogens is 386 g/mol. The molecule has 1 aromatic heterocycles.